The van der Waals surface area contributed by atoms with Crippen LogP contribution < -0.4 is 11.2 Å². The first-order valence-corrected chi connectivity index (χ1v) is 10.5. The van der Waals surface area contributed by atoms with E-state index < -0.39 is 17.0 Å². The molecule has 0 aliphatic carbocycles. The molecule has 0 unspecified atom stereocenters. The Bertz CT molecular complexity index is 1420. The topological polar surface area (TPSA) is 132 Å². The lowest BCUT2D eigenvalue weighted by molar-refractivity contribution is 0.102. The van der Waals surface area contributed by atoms with E-state index in [0.29, 0.717) is 24.0 Å². The monoisotopic (exact) mass is 441 g/mol. The summed E-state index contributed by atoms with van der Waals surface area (Å²) in [7, 11) is 0. The lowest BCUT2D eigenvalue weighted by Gasteiger charge is -2.18. The van der Waals surface area contributed by atoms with Crippen molar-refractivity contribution in [1.82, 2.24) is 14.5 Å². The number of rotatable bonds is 7. The number of pyridine rings is 1. The van der Waals surface area contributed by atoms with E-state index in [4.69, 9.17) is 10.5 Å². The van der Waals surface area contributed by atoms with Gasteiger partial charge < -0.3 is 0 Å². The van der Waals surface area contributed by atoms with Gasteiger partial charge in [-0.2, -0.15) is 10.5 Å². The van der Waals surface area contributed by atoms with Crippen LogP contribution in [0.2, 0.25) is 0 Å². The summed E-state index contributed by atoms with van der Waals surface area (Å²) in [6.45, 7) is 5.40. The average molecular weight is 441 g/mol. The highest BCUT2D eigenvalue weighted by molar-refractivity contribution is 6.09. The number of ketones is 1. The number of H-pyrrole nitrogens is 1. The fraction of sp³-hybridized carbons (Fsp3) is 0.280. The van der Waals surface area contributed by atoms with Crippen molar-refractivity contribution >= 4 is 5.78 Å². The van der Waals surface area contributed by atoms with E-state index in [1.54, 1.807) is 32.0 Å². The van der Waals surface area contributed by atoms with Crippen molar-refractivity contribution in [2.45, 2.75) is 46.1 Å². The molecule has 3 aromatic rings. The third kappa shape index (κ3) is 5.13. The van der Waals surface area contributed by atoms with Gasteiger partial charge in [0.15, 0.2) is 0 Å². The van der Waals surface area contributed by atoms with Gasteiger partial charge in [-0.25, -0.2) is 9.78 Å². The van der Waals surface area contributed by atoms with Crippen LogP contribution in [0.1, 0.15) is 70.2 Å². The van der Waals surface area contributed by atoms with Crippen LogP contribution in [0, 0.1) is 29.6 Å². The number of aromatic amines is 1. The second-order valence-electron chi connectivity index (χ2n) is 8.12. The molecule has 2 aromatic heterocycles. The minimum Gasteiger partial charge on any atom is -0.287 e. The fourth-order valence-corrected chi connectivity index (χ4v) is 3.81. The van der Waals surface area contributed by atoms with Gasteiger partial charge >= 0.3 is 5.69 Å². The van der Waals surface area contributed by atoms with E-state index in [1.807, 2.05) is 19.1 Å². The normalized spacial score (nSPS) is 10.6. The maximum Gasteiger partial charge on any atom is 0.329 e. The maximum atomic E-state index is 13.7. The van der Waals surface area contributed by atoms with Gasteiger partial charge in [-0.15, -0.1) is 0 Å². The van der Waals surface area contributed by atoms with Crippen LogP contribution in [0.25, 0.3) is 0 Å². The molecule has 2 heterocycles. The van der Waals surface area contributed by atoms with Crippen LogP contribution in [0.3, 0.4) is 0 Å². The van der Waals surface area contributed by atoms with Gasteiger partial charge in [0.05, 0.1) is 12.6 Å². The first-order chi connectivity index (χ1) is 15.7. The number of nitrogens with one attached hydrogen (secondary N) is 1. The molecule has 0 radical (unpaired) electrons. The molecule has 3 rings (SSSR count). The van der Waals surface area contributed by atoms with Crippen LogP contribution in [-0.4, -0.2) is 20.3 Å². The minimum absolute atomic E-state index is 0.0132. The molecule has 0 saturated heterocycles. The molecule has 0 amide bonds. The van der Waals surface area contributed by atoms with Crippen molar-refractivity contribution in [1.29, 1.82) is 10.5 Å². The van der Waals surface area contributed by atoms with E-state index in [2.05, 4.69) is 16.0 Å². The summed E-state index contributed by atoms with van der Waals surface area (Å²) < 4.78 is 1.24. The average Bonchev–Trinajstić information content (AvgIpc) is 2.78. The fourth-order valence-electron chi connectivity index (χ4n) is 3.81. The number of carbonyl (C=O) groups excluding carboxylic acids is 1. The smallest absolute Gasteiger partial charge is 0.287 e. The second kappa shape index (κ2) is 9.88. The van der Waals surface area contributed by atoms with Crippen molar-refractivity contribution in [3.8, 4) is 12.1 Å². The quantitative estimate of drug-likeness (QED) is 0.561. The molecule has 0 spiro atoms. The number of aromatic nitrogens is 3. The van der Waals surface area contributed by atoms with Crippen LogP contribution in [0.15, 0.2) is 46.1 Å². The van der Waals surface area contributed by atoms with Crippen molar-refractivity contribution < 1.29 is 4.79 Å². The molecule has 0 aliphatic heterocycles. The molecule has 8 nitrogen and oxygen atoms in total. The lowest BCUT2D eigenvalue weighted by Crippen LogP contribution is -2.38. The summed E-state index contributed by atoms with van der Waals surface area (Å²) in [6.07, 6.45) is 2.26. The summed E-state index contributed by atoms with van der Waals surface area (Å²) in [4.78, 5) is 45.6. The Balaban J connectivity index is 2.23. The predicted molar refractivity (Wildman–Crippen MR) is 122 cm³/mol. The predicted octanol–water partition coefficient (Wildman–Crippen LogP) is 2.97. The standard InChI is InChI=1S/C25H23N5O3/c1-15(2)21-22(23(31)19-10-16(3)9-17(11-19)5-4-7-26)30(25(33)29-24(21)32)14-18-6-8-28-20(12-18)13-27/h6,8-12,15H,4-5,14H2,1-3H3,(H,29,32,33). The first kappa shape index (κ1) is 23.4. The van der Waals surface area contributed by atoms with Gasteiger partial charge in [0.2, 0.25) is 5.78 Å². The molecular weight excluding hydrogens is 418 g/mol. The molecule has 0 atom stereocenters. The molecule has 166 valence electrons. The van der Waals surface area contributed by atoms with Crippen molar-refractivity contribution in [3.05, 3.63) is 96.6 Å². The van der Waals surface area contributed by atoms with E-state index >= 15 is 0 Å². The molecule has 0 saturated carbocycles. The Morgan fingerprint density at radius 3 is 2.58 bits per heavy atom. The third-order valence-electron chi connectivity index (χ3n) is 5.23. The summed E-state index contributed by atoms with van der Waals surface area (Å²) in [6, 6.07) is 12.5. The number of nitrogens with zero attached hydrogens (tertiary/aromatic N) is 4. The Labute approximate surface area is 190 Å². The number of nitriles is 2. The molecule has 1 N–H and O–H groups in total. The molecular formula is C25H23N5O3. The highest BCUT2D eigenvalue weighted by Gasteiger charge is 2.25. The molecule has 0 bridgehead atoms. The van der Waals surface area contributed by atoms with Crippen LogP contribution in [-0.2, 0) is 13.0 Å². The zero-order valence-electron chi connectivity index (χ0n) is 18.7. The Morgan fingerprint density at radius 2 is 1.91 bits per heavy atom. The molecule has 33 heavy (non-hydrogen) atoms. The number of carbonyl (C=O) groups is 1. The zero-order chi connectivity index (χ0) is 24.1. The number of aryl methyl sites for hydroxylation is 2. The van der Waals surface area contributed by atoms with Crippen molar-refractivity contribution in [2.75, 3.05) is 0 Å². The number of hydrogen-bond donors (Lipinski definition) is 1. The van der Waals surface area contributed by atoms with Crippen LogP contribution in [0.5, 0.6) is 0 Å². The Morgan fingerprint density at radius 1 is 1.15 bits per heavy atom. The summed E-state index contributed by atoms with van der Waals surface area (Å²) >= 11 is 0. The summed E-state index contributed by atoms with van der Waals surface area (Å²) in [5.41, 5.74) is 1.72. The van der Waals surface area contributed by atoms with Gasteiger partial charge in [-0.3, -0.25) is 19.1 Å². The van der Waals surface area contributed by atoms with E-state index in [0.717, 1.165) is 11.1 Å². The van der Waals surface area contributed by atoms with Crippen LogP contribution >= 0.6 is 0 Å². The van der Waals surface area contributed by atoms with Gasteiger partial charge in [0.1, 0.15) is 17.5 Å². The zero-order valence-corrected chi connectivity index (χ0v) is 18.7. The lowest BCUT2D eigenvalue weighted by atomic mass is 9.94. The SMILES string of the molecule is Cc1cc(CCC#N)cc(C(=O)c2c(C(C)C)c(=O)[nH]c(=O)n2Cc2ccnc(C#N)c2)c1. The summed E-state index contributed by atoms with van der Waals surface area (Å²) in [5.74, 6) is -0.770. The maximum absolute atomic E-state index is 13.7. The van der Waals surface area contributed by atoms with E-state index in [1.165, 1.54) is 16.8 Å². The summed E-state index contributed by atoms with van der Waals surface area (Å²) in [5, 5.41) is 18.0. The van der Waals surface area contributed by atoms with E-state index in [-0.39, 0.29) is 29.4 Å². The Kier molecular flexibility index (Phi) is 7.00. The third-order valence-corrected chi connectivity index (χ3v) is 5.23. The second-order valence-corrected chi connectivity index (χ2v) is 8.12. The molecule has 0 aliphatic rings. The number of benzene rings is 1. The molecule has 0 fully saturated rings. The first-order valence-electron chi connectivity index (χ1n) is 10.5. The van der Waals surface area contributed by atoms with Gasteiger partial charge in [-0.05, 0) is 54.7 Å². The van der Waals surface area contributed by atoms with Crippen molar-refractivity contribution in [3.63, 3.8) is 0 Å². The van der Waals surface area contributed by atoms with Gasteiger partial charge in [0, 0.05) is 23.7 Å². The highest BCUT2D eigenvalue weighted by Crippen LogP contribution is 2.21. The van der Waals surface area contributed by atoms with Gasteiger partial charge in [-0.1, -0.05) is 25.5 Å². The molecule has 1 aromatic carbocycles. The van der Waals surface area contributed by atoms with Gasteiger partial charge in [0.25, 0.3) is 5.56 Å². The van der Waals surface area contributed by atoms with Crippen molar-refractivity contribution in [2.24, 2.45) is 0 Å². The number of hydrogen-bond acceptors (Lipinski definition) is 6. The van der Waals surface area contributed by atoms with E-state index in [9.17, 15) is 14.4 Å². The Hall–Kier alpha value is -4.30. The van der Waals surface area contributed by atoms with Crippen LogP contribution in [0.4, 0.5) is 0 Å². The highest BCUT2D eigenvalue weighted by atomic mass is 16.2. The molecule has 8 heteroatoms. The largest absolute Gasteiger partial charge is 0.329 e. The minimum atomic E-state index is -0.708.